The second kappa shape index (κ2) is 11.4. The number of quaternary nitrogens is 1. The standard InChI is InChI=1S/C15H27N5O7/c16-11(5-9-1-3-10(4-2-9)20(26)27)15(25)19-7-13(22)17-6-12(21)18-8-14(23)24/h9-11,14,23-24H,1-8,16H2,(H,17,22)(H,18,21)(H,19,25)/p+1. The number of nitro groups is 1. The summed E-state index contributed by atoms with van der Waals surface area (Å²) in [7, 11) is 0. The monoisotopic (exact) mass is 390 g/mol. The zero-order chi connectivity index (χ0) is 20.4. The van der Waals surface area contributed by atoms with Crippen LogP contribution in [0.5, 0.6) is 0 Å². The molecule has 0 saturated heterocycles. The summed E-state index contributed by atoms with van der Waals surface area (Å²) in [6, 6.07) is -1.07. The van der Waals surface area contributed by atoms with E-state index in [4.69, 9.17) is 10.2 Å². The van der Waals surface area contributed by atoms with Crippen molar-refractivity contribution < 1.29 is 35.3 Å². The molecule has 1 atom stereocenters. The van der Waals surface area contributed by atoms with Crippen LogP contribution in [0.4, 0.5) is 0 Å². The normalized spacial score (nSPS) is 20.6. The van der Waals surface area contributed by atoms with Gasteiger partial charge < -0.3 is 31.9 Å². The smallest absolute Gasteiger partial charge is 0.278 e. The largest absolute Gasteiger partial charge is 0.367 e. The van der Waals surface area contributed by atoms with E-state index in [-0.39, 0.29) is 30.5 Å². The van der Waals surface area contributed by atoms with Crippen LogP contribution in [0.3, 0.4) is 0 Å². The highest BCUT2D eigenvalue weighted by Gasteiger charge is 2.31. The van der Waals surface area contributed by atoms with Crippen LogP contribution in [-0.4, -0.2) is 70.9 Å². The van der Waals surface area contributed by atoms with Gasteiger partial charge in [-0.15, -0.1) is 0 Å². The number of aliphatic hydroxyl groups is 2. The summed E-state index contributed by atoms with van der Waals surface area (Å²) in [5, 5.41) is 34.9. The van der Waals surface area contributed by atoms with E-state index in [9.17, 15) is 24.5 Å². The van der Waals surface area contributed by atoms with Gasteiger partial charge in [-0.2, -0.15) is 0 Å². The first-order chi connectivity index (χ1) is 12.7. The van der Waals surface area contributed by atoms with Gasteiger partial charge in [-0.3, -0.25) is 24.5 Å². The number of hydrogen-bond acceptors (Lipinski definition) is 7. The van der Waals surface area contributed by atoms with Crippen LogP contribution >= 0.6 is 0 Å². The van der Waals surface area contributed by atoms with Crippen molar-refractivity contribution in [3.05, 3.63) is 10.1 Å². The van der Waals surface area contributed by atoms with Crippen LogP contribution in [0.2, 0.25) is 0 Å². The van der Waals surface area contributed by atoms with Crippen LogP contribution in [0, 0.1) is 16.0 Å². The Labute approximate surface area is 156 Å². The molecule has 1 rings (SSSR count). The first kappa shape index (κ1) is 22.7. The van der Waals surface area contributed by atoms with E-state index in [0.717, 1.165) is 0 Å². The second-order valence-corrected chi connectivity index (χ2v) is 6.67. The molecule has 1 fully saturated rings. The minimum Gasteiger partial charge on any atom is -0.367 e. The molecule has 12 heteroatoms. The molecular weight excluding hydrogens is 362 g/mol. The van der Waals surface area contributed by atoms with Crippen LogP contribution in [0.25, 0.3) is 0 Å². The Kier molecular flexibility index (Phi) is 9.61. The van der Waals surface area contributed by atoms with Gasteiger partial charge in [0.1, 0.15) is 0 Å². The molecule has 27 heavy (non-hydrogen) atoms. The molecule has 0 aromatic heterocycles. The highest BCUT2D eigenvalue weighted by molar-refractivity contribution is 5.89. The minimum absolute atomic E-state index is 0.203. The van der Waals surface area contributed by atoms with Crippen molar-refractivity contribution in [2.75, 3.05) is 19.6 Å². The van der Waals surface area contributed by atoms with Crippen molar-refractivity contribution in [2.24, 2.45) is 5.92 Å². The number of carbonyl (C=O) groups excluding carboxylic acids is 3. The predicted molar refractivity (Wildman–Crippen MR) is 91.3 cm³/mol. The maximum Gasteiger partial charge on any atom is 0.278 e. The summed E-state index contributed by atoms with van der Waals surface area (Å²) in [5.74, 6) is -1.35. The first-order valence-corrected chi connectivity index (χ1v) is 8.82. The third-order valence-electron chi connectivity index (χ3n) is 4.45. The maximum absolute atomic E-state index is 12.0. The lowest BCUT2D eigenvalue weighted by atomic mass is 9.82. The molecule has 0 spiro atoms. The zero-order valence-electron chi connectivity index (χ0n) is 15.1. The van der Waals surface area contributed by atoms with Crippen molar-refractivity contribution in [3.63, 3.8) is 0 Å². The Morgan fingerprint density at radius 3 is 2.15 bits per heavy atom. The fourth-order valence-electron chi connectivity index (χ4n) is 2.92. The van der Waals surface area contributed by atoms with Gasteiger partial charge >= 0.3 is 0 Å². The molecule has 1 aliphatic carbocycles. The van der Waals surface area contributed by atoms with E-state index in [0.29, 0.717) is 32.1 Å². The predicted octanol–water partition coefficient (Wildman–Crippen LogP) is -3.52. The summed E-state index contributed by atoms with van der Waals surface area (Å²) in [4.78, 5) is 45.4. The maximum atomic E-state index is 12.0. The van der Waals surface area contributed by atoms with E-state index in [2.05, 4.69) is 21.7 Å². The van der Waals surface area contributed by atoms with Crippen LogP contribution in [0.1, 0.15) is 32.1 Å². The van der Waals surface area contributed by atoms with Crippen molar-refractivity contribution in [2.45, 2.75) is 50.5 Å². The molecule has 0 aromatic carbocycles. The Bertz CT molecular complexity index is 535. The number of carbonyl (C=O) groups is 3. The van der Waals surface area contributed by atoms with E-state index >= 15 is 0 Å². The van der Waals surface area contributed by atoms with Gasteiger partial charge in [-0.05, 0) is 18.8 Å². The molecular formula is C15H28N5O7+. The number of nitrogens with one attached hydrogen (secondary N) is 3. The molecule has 0 aromatic rings. The third-order valence-corrected chi connectivity index (χ3v) is 4.45. The fraction of sp³-hybridized carbons (Fsp3) is 0.800. The topological polar surface area (TPSA) is 199 Å². The molecule has 0 aliphatic heterocycles. The summed E-state index contributed by atoms with van der Waals surface area (Å²) >= 11 is 0. The molecule has 12 nitrogen and oxygen atoms in total. The van der Waals surface area contributed by atoms with E-state index in [1.165, 1.54) is 0 Å². The SMILES string of the molecule is [NH3+]C(CC1CCC([N+](=O)[O-])CC1)C(=O)NCC(=O)NCC(=O)NCC(O)O. The average molecular weight is 390 g/mol. The van der Waals surface area contributed by atoms with Gasteiger partial charge in [0, 0.05) is 24.2 Å². The van der Waals surface area contributed by atoms with Crippen LogP contribution < -0.4 is 21.7 Å². The fourth-order valence-corrected chi connectivity index (χ4v) is 2.92. The van der Waals surface area contributed by atoms with Gasteiger partial charge in [-0.25, -0.2) is 0 Å². The zero-order valence-corrected chi connectivity index (χ0v) is 15.1. The molecule has 1 saturated carbocycles. The van der Waals surface area contributed by atoms with Crippen LogP contribution in [0.15, 0.2) is 0 Å². The highest BCUT2D eigenvalue weighted by atomic mass is 16.6. The average Bonchev–Trinajstić information content (AvgIpc) is 2.62. The highest BCUT2D eigenvalue weighted by Crippen LogP contribution is 2.28. The summed E-state index contributed by atoms with van der Waals surface area (Å²) in [6.07, 6.45) is 1.20. The summed E-state index contributed by atoms with van der Waals surface area (Å²) in [6.45, 7) is -1.01. The van der Waals surface area contributed by atoms with Crippen molar-refractivity contribution in [1.29, 1.82) is 0 Å². The lowest BCUT2D eigenvalue weighted by Crippen LogP contribution is -2.68. The second-order valence-electron chi connectivity index (χ2n) is 6.67. The number of hydrogen-bond donors (Lipinski definition) is 6. The molecule has 0 bridgehead atoms. The lowest BCUT2D eigenvalue weighted by Gasteiger charge is -2.24. The molecule has 8 N–H and O–H groups in total. The quantitative estimate of drug-likeness (QED) is 0.126. The Hall–Kier alpha value is -2.31. The number of amides is 3. The number of rotatable bonds is 10. The van der Waals surface area contributed by atoms with Crippen molar-refractivity contribution >= 4 is 17.7 Å². The molecule has 1 unspecified atom stereocenters. The molecule has 154 valence electrons. The minimum atomic E-state index is -1.67. The summed E-state index contributed by atoms with van der Waals surface area (Å²) < 4.78 is 0. The van der Waals surface area contributed by atoms with E-state index in [1.54, 1.807) is 0 Å². The molecule has 0 radical (unpaired) electrons. The molecule has 1 aliphatic rings. The number of aliphatic hydroxyl groups excluding tert-OH is 1. The lowest BCUT2D eigenvalue weighted by molar-refractivity contribution is -0.527. The Morgan fingerprint density at radius 2 is 1.59 bits per heavy atom. The van der Waals surface area contributed by atoms with Crippen molar-refractivity contribution in [3.8, 4) is 0 Å². The van der Waals surface area contributed by atoms with Gasteiger partial charge in [0.2, 0.25) is 17.9 Å². The van der Waals surface area contributed by atoms with Crippen LogP contribution in [-0.2, 0) is 14.4 Å². The first-order valence-electron chi connectivity index (χ1n) is 8.82. The van der Waals surface area contributed by atoms with E-state index in [1.807, 2.05) is 0 Å². The van der Waals surface area contributed by atoms with Gasteiger partial charge in [0.05, 0.1) is 19.6 Å². The Morgan fingerprint density at radius 1 is 1.04 bits per heavy atom. The molecule has 0 heterocycles. The number of nitrogens with zero attached hydrogens (tertiary/aromatic N) is 1. The van der Waals surface area contributed by atoms with Gasteiger partial charge in [0.25, 0.3) is 5.91 Å². The van der Waals surface area contributed by atoms with E-state index < -0.39 is 36.1 Å². The van der Waals surface area contributed by atoms with Crippen molar-refractivity contribution in [1.82, 2.24) is 16.0 Å². The summed E-state index contributed by atoms with van der Waals surface area (Å²) in [5.41, 5.74) is 3.79. The van der Waals surface area contributed by atoms with Gasteiger partial charge in [-0.1, -0.05) is 0 Å². The Balaban J connectivity index is 2.20. The van der Waals surface area contributed by atoms with Gasteiger partial charge in [0.15, 0.2) is 12.3 Å². The molecule has 3 amide bonds. The third kappa shape index (κ3) is 9.26.